The van der Waals surface area contributed by atoms with Gasteiger partial charge in [0, 0.05) is 161 Å². The van der Waals surface area contributed by atoms with Gasteiger partial charge in [0.25, 0.3) is 5.91 Å². The second-order valence-electron chi connectivity index (χ2n) is 32.1. The van der Waals surface area contributed by atoms with Crippen molar-refractivity contribution in [2.24, 2.45) is 11.3 Å². The molecule has 0 bridgehead atoms. The number of aliphatic hydroxyl groups is 4. The number of carbonyl (C=O) groups is 8. The molecule has 4 saturated heterocycles. The number of para-hydroxylation sites is 2. The number of carbonyl (C=O) groups excluding carboxylic acids is 8. The normalized spacial score (nSPS) is 15.3. The second-order valence-corrected chi connectivity index (χ2v) is 32.1. The van der Waals surface area contributed by atoms with Crippen LogP contribution in [0, 0.1) is 17.2 Å². The van der Waals surface area contributed by atoms with Crippen molar-refractivity contribution in [3.63, 3.8) is 0 Å². The lowest BCUT2D eigenvalue weighted by Gasteiger charge is -2.44. The van der Waals surface area contributed by atoms with E-state index in [0.717, 1.165) is 86.4 Å². The first-order chi connectivity index (χ1) is 61.2. The number of methoxy groups -OCH3 is 1. The number of piperidine rings is 4. The zero-order valence-corrected chi connectivity index (χ0v) is 71.1. The van der Waals surface area contributed by atoms with Crippen molar-refractivity contribution in [2.45, 2.75) is 107 Å². The molecule has 0 unspecified atom stereocenters. The first-order valence-corrected chi connectivity index (χ1v) is 42.1. The van der Waals surface area contributed by atoms with E-state index in [-0.39, 0.29) is 62.4 Å². The number of halogens is 1. The minimum absolute atomic E-state index is 0.0238. The number of hydrogen-bond acceptors (Lipinski definition) is 22. The first kappa shape index (κ1) is 93.3. The number of likely N-dealkylation sites (tertiary alicyclic amines) is 3. The molecule has 8 heterocycles. The highest BCUT2D eigenvalue weighted by Gasteiger charge is 2.43. The Bertz CT molecular complexity index is 5320. The van der Waals surface area contributed by atoms with Crippen LogP contribution in [0.4, 0.5) is 31.0 Å². The predicted octanol–water partition coefficient (Wildman–Crippen LogP) is 13.1. The number of ether oxygens (including phenoxy) is 1. The molecule has 0 spiro atoms. The van der Waals surface area contributed by atoms with Crippen LogP contribution in [0.3, 0.4) is 0 Å². The Hall–Kier alpha value is -13.4. The average Bonchev–Trinajstić information content (AvgIpc) is 0.792. The van der Waals surface area contributed by atoms with E-state index in [0.29, 0.717) is 111 Å². The van der Waals surface area contributed by atoms with Crippen molar-refractivity contribution in [2.75, 3.05) is 101 Å². The van der Waals surface area contributed by atoms with Crippen LogP contribution in [0.5, 0.6) is 5.75 Å². The fourth-order valence-electron chi connectivity index (χ4n) is 16.6. The number of rotatable bonds is 25. The van der Waals surface area contributed by atoms with Crippen molar-refractivity contribution >= 4 is 65.0 Å². The Morgan fingerprint density at radius 1 is 0.381 bits per heavy atom. The maximum absolute atomic E-state index is 13.9. The van der Waals surface area contributed by atoms with Crippen molar-refractivity contribution in [1.82, 2.24) is 54.6 Å². The van der Waals surface area contributed by atoms with Gasteiger partial charge in [-0.2, -0.15) is 0 Å². The Morgan fingerprint density at radius 3 is 1.03 bits per heavy atom. The zero-order valence-electron chi connectivity index (χ0n) is 71.1. The van der Waals surface area contributed by atoms with E-state index in [9.17, 15) is 38.0 Å². The number of aliphatic hydroxyl groups excluding tert-OH is 4. The van der Waals surface area contributed by atoms with Crippen molar-refractivity contribution in [3.8, 4) is 5.75 Å². The molecule has 27 nitrogen and oxygen atoms in total. The number of hydrogen-bond donors (Lipinski definition) is 6. The smallest absolute Gasteiger partial charge is 0.321 e. The van der Waals surface area contributed by atoms with E-state index >= 15 is 0 Å². The van der Waals surface area contributed by atoms with Crippen molar-refractivity contribution < 1.29 is 67.9 Å². The Balaban J connectivity index is 0.000000162. The fourth-order valence-corrected chi connectivity index (χ4v) is 16.6. The minimum Gasteiger partial charge on any atom is -0.497 e. The van der Waals surface area contributed by atoms with Crippen LogP contribution in [0.1, 0.15) is 157 Å². The number of Topliss-reactive ketones (excluding diaryl/α,β-unsaturated/α-hetero) is 4. The van der Waals surface area contributed by atoms with Crippen LogP contribution in [0.25, 0.3) is 0 Å². The van der Waals surface area contributed by atoms with E-state index in [4.69, 9.17) is 30.0 Å². The van der Waals surface area contributed by atoms with Gasteiger partial charge in [-0.05, 0) is 140 Å². The summed E-state index contributed by atoms with van der Waals surface area (Å²) in [6, 6.07) is 63.7. The largest absolute Gasteiger partial charge is 0.497 e. The van der Waals surface area contributed by atoms with E-state index < -0.39 is 43.8 Å². The van der Waals surface area contributed by atoms with E-state index in [1.165, 1.54) is 78.5 Å². The lowest BCUT2D eigenvalue weighted by molar-refractivity contribution is -0.0980. The summed E-state index contributed by atoms with van der Waals surface area (Å²) >= 11 is 0. The highest BCUT2D eigenvalue weighted by Crippen LogP contribution is 2.44. The summed E-state index contributed by atoms with van der Waals surface area (Å²) in [5.74, 6) is 1.87. The molecule has 28 heteroatoms. The summed E-state index contributed by atoms with van der Waals surface area (Å²) in [6.45, 7) is 9.77. The van der Waals surface area contributed by atoms with Crippen LogP contribution in [-0.4, -0.2) is 209 Å². The molecule has 6 N–H and O–H groups in total. The van der Waals surface area contributed by atoms with Gasteiger partial charge in [0.15, 0.2) is 23.1 Å². The van der Waals surface area contributed by atoms with Crippen LogP contribution in [0.15, 0.2) is 250 Å². The number of urea groups is 2. The van der Waals surface area contributed by atoms with Gasteiger partial charge >= 0.3 is 12.1 Å². The molecule has 126 heavy (non-hydrogen) atoms. The third-order valence-corrected chi connectivity index (χ3v) is 24.4. The SMILES string of the molecule is C=O.CC(C)C1(Cc2ncc(C(=O)CO)cn2)CCN(C(=O)c2ccccc2)CC1.COc1ccc(NC(=O)N2CCC(Cc3ncc(C(=O)CO)cn3)(c3ccccc3)CC2)cc1.O=C(CO)c1cnc(CC2(c3ccccc3)CCN(C(=O)Nc3ccccc3F)CC2)nc1.O=C(CO)c1cnc(CC2(c3ccccc3)CCN(c3ccccc3)CC2)nc1. The third kappa shape index (κ3) is 24.3. The Kier molecular flexibility index (Phi) is 33.5. The molecule has 0 radical (unpaired) electrons. The molecule has 654 valence electrons. The summed E-state index contributed by atoms with van der Waals surface area (Å²) in [5, 5.41) is 41.6. The zero-order chi connectivity index (χ0) is 89.5. The summed E-state index contributed by atoms with van der Waals surface area (Å²) in [7, 11) is 1.61. The Labute approximate surface area is 732 Å². The van der Waals surface area contributed by atoms with Gasteiger partial charge in [-0.3, -0.25) is 24.0 Å². The number of anilines is 3. The lowest BCUT2D eigenvalue weighted by atomic mass is 9.67. The highest BCUT2D eigenvalue weighted by atomic mass is 19.1. The van der Waals surface area contributed by atoms with E-state index in [2.05, 4.69) is 142 Å². The molecule has 4 aliphatic heterocycles. The van der Waals surface area contributed by atoms with Gasteiger partial charge in [-0.1, -0.05) is 153 Å². The van der Waals surface area contributed by atoms with Crippen LogP contribution >= 0.6 is 0 Å². The van der Waals surface area contributed by atoms with Crippen LogP contribution < -0.4 is 20.3 Å². The number of nitrogens with one attached hydrogen (secondary N) is 2. The molecule has 0 atom stereocenters. The van der Waals surface area contributed by atoms with Crippen LogP contribution in [-0.2, 0) is 46.7 Å². The molecule has 15 rings (SSSR count). The van der Waals surface area contributed by atoms with Gasteiger partial charge in [0.2, 0.25) is 0 Å². The molecule has 11 aromatic rings. The standard InChI is InChI=1S/C26H28N4O4.C25H25FN4O3.C24H25N3O2.C22H27N3O3.CH2O/c1-34-22-9-7-21(8-10-22)29-25(33)30-13-11-26(12-14-30,20-5-3-2-4-6-20)15-24-27-16-19(17-28-24)23(32)18-31;26-20-8-4-5-9-21(20)29-24(33)30-12-10-25(11-13-30,19-6-2-1-3-7-19)14-23-27-15-18(16-28-23)22(32)17-31;28-18-22(29)19-16-25-23(26-17-19)15-24(20-7-3-1-4-8-20)11-13-27(14-12-24)21-9-5-2-6-10-21;1-16(2)22(12-20-23-13-18(14-24-20)19(27)15-26)8-10-25(11-9-22)21(28)17-6-4-3-5-7-17;1-2/h2-10,16-17,31H,11-15,18H2,1H3,(H,29,33);1-9,15-16,31H,10-14,17H2,(H,29,33);1-10,16-17,28H,11-15,18H2;3-7,13-14,16,26H,8-12,15H2,1-2H3;1H2. The predicted molar refractivity (Wildman–Crippen MR) is 476 cm³/mol. The second kappa shape index (κ2) is 45.3. The monoisotopic (exact) mass is 1710 g/mol. The van der Waals surface area contributed by atoms with Gasteiger partial charge in [-0.25, -0.2) is 53.9 Å². The molecule has 4 fully saturated rings. The summed E-state index contributed by atoms with van der Waals surface area (Å²) in [5.41, 5.74) is 7.24. The molecule has 4 aromatic heterocycles. The van der Waals surface area contributed by atoms with Gasteiger partial charge in [0.05, 0.1) is 35.1 Å². The van der Waals surface area contributed by atoms with Crippen molar-refractivity contribution in [3.05, 3.63) is 323 Å². The molecule has 0 aliphatic carbocycles. The summed E-state index contributed by atoms with van der Waals surface area (Å²) in [6.07, 6.45) is 21.1. The molecule has 0 saturated carbocycles. The van der Waals surface area contributed by atoms with Gasteiger partial charge in [-0.15, -0.1) is 0 Å². The van der Waals surface area contributed by atoms with Crippen LogP contribution in [0.2, 0.25) is 0 Å². The minimum atomic E-state index is -0.582. The van der Waals surface area contributed by atoms with E-state index in [1.54, 1.807) is 24.1 Å². The number of benzene rings is 7. The topological polar surface area (TPSA) is 367 Å². The molecular weight excluding hydrogens is 1600 g/mol. The maximum Gasteiger partial charge on any atom is 0.321 e. The quantitative estimate of drug-likeness (QED) is 0.0289. The maximum atomic E-state index is 13.9. The summed E-state index contributed by atoms with van der Waals surface area (Å²) in [4.78, 5) is 136. The molecule has 4 aliphatic rings. The van der Waals surface area contributed by atoms with Gasteiger partial charge < -0.3 is 60.2 Å². The Morgan fingerprint density at radius 2 is 0.690 bits per heavy atom. The molecule has 5 amide bonds. The number of amides is 5. The number of aromatic nitrogens is 8. The van der Waals surface area contributed by atoms with E-state index in [1.807, 2.05) is 120 Å². The van der Waals surface area contributed by atoms with Crippen molar-refractivity contribution in [1.29, 1.82) is 0 Å². The average molecular weight is 1710 g/mol. The number of nitrogens with zero attached hydrogens (tertiary/aromatic N) is 12. The van der Waals surface area contributed by atoms with Gasteiger partial charge in [0.1, 0.15) is 68.1 Å². The molecular formula is C98H107FN14O13. The fraction of sp³-hybridized carbons (Fsp3) is 0.327. The first-order valence-electron chi connectivity index (χ1n) is 42.1. The highest BCUT2D eigenvalue weighted by molar-refractivity contribution is 5.98. The summed E-state index contributed by atoms with van der Waals surface area (Å²) < 4.78 is 19.1. The lowest BCUT2D eigenvalue weighted by Crippen LogP contribution is -2.47. The molecule has 7 aromatic carbocycles. The third-order valence-electron chi connectivity index (χ3n) is 24.4. The number of ketones is 4.